The molecule has 0 unspecified atom stereocenters. The van der Waals surface area contributed by atoms with Crippen LogP contribution in [-0.4, -0.2) is 43.7 Å². The molecule has 2 aromatic carbocycles. The van der Waals surface area contributed by atoms with E-state index in [-0.39, 0.29) is 10.4 Å². The molecule has 2 aromatic heterocycles. The van der Waals surface area contributed by atoms with E-state index in [9.17, 15) is 4.79 Å². The van der Waals surface area contributed by atoms with E-state index in [1.165, 1.54) is 0 Å². The predicted molar refractivity (Wildman–Crippen MR) is 153 cm³/mol. The summed E-state index contributed by atoms with van der Waals surface area (Å²) in [6.45, 7) is 4.50. The van der Waals surface area contributed by atoms with Crippen LogP contribution in [0, 0.1) is 11.8 Å². The number of likely N-dealkylation sites (N-methyl/N-ethyl adjacent to an activating group) is 1. The lowest BCUT2D eigenvalue weighted by Crippen LogP contribution is -2.33. The van der Waals surface area contributed by atoms with E-state index in [0.717, 1.165) is 53.0 Å². The molecule has 0 radical (unpaired) electrons. The Hall–Kier alpha value is -3.43. The molecule has 0 aliphatic rings. The molecule has 0 amide bonds. The SMILES string of the molecule is CCCCc1nc(C)c(CC(=S)N(C)C)c(=O)n1Cc1ccc(-c2ccccc2-c2nc(=S)o[nH]2)cc1. The van der Waals surface area contributed by atoms with Crippen LogP contribution in [0.1, 0.15) is 42.4 Å². The van der Waals surface area contributed by atoms with Crippen LogP contribution in [0.5, 0.6) is 0 Å². The maximum absolute atomic E-state index is 13.6. The molecule has 4 rings (SSSR count). The third kappa shape index (κ3) is 6.11. The van der Waals surface area contributed by atoms with Crippen molar-refractivity contribution in [3.63, 3.8) is 0 Å². The molecule has 0 spiro atoms. The number of aromatic nitrogens is 4. The van der Waals surface area contributed by atoms with Crippen molar-refractivity contribution >= 4 is 29.4 Å². The van der Waals surface area contributed by atoms with Gasteiger partial charge in [-0.15, -0.1) is 0 Å². The number of hydrogen-bond donors (Lipinski definition) is 1. The van der Waals surface area contributed by atoms with Gasteiger partial charge in [-0.25, -0.2) is 10.1 Å². The molecule has 9 heteroatoms. The fraction of sp³-hybridized carbons (Fsp3) is 0.321. The average Bonchev–Trinajstić information content (AvgIpc) is 3.33. The second kappa shape index (κ2) is 11.7. The van der Waals surface area contributed by atoms with Crippen LogP contribution in [0.25, 0.3) is 22.5 Å². The zero-order valence-electron chi connectivity index (χ0n) is 21.6. The molecule has 0 saturated carbocycles. The third-order valence-corrected chi connectivity index (χ3v) is 7.04. The van der Waals surface area contributed by atoms with Crippen molar-refractivity contribution in [1.29, 1.82) is 0 Å². The molecular weight excluding hydrogens is 502 g/mol. The smallest absolute Gasteiger partial charge is 0.314 e. The Balaban J connectivity index is 1.68. The van der Waals surface area contributed by atoms with Gasteiger partial charge in [-0.2, -0.15) is 4.98 Å². The molecule has 0 aliphatic heterocycles. The van der Waals surface area contributed by atoms with Crippen LogP contribution in [0.15, 0.2) is 57.8 Å². The summed E-state index contributed by atoms with van der Waals surface area (Å²) in [6.07, 6.45) is 3.18. The van der Waals surface area contributed by atoms with Crippen LogP contribution in [0.3, 0.4) is 0 Å². The van der Waals surface area contributed by atoms with E-state index in [0.29, 0.717) is 29.3 Å². The molecule has 0 fully saturated rings. The number of hydrogen-bond acceptors (Lipinski definition) is 6. The first-order chi connectivity index (χ1) is 17.8. The van der Waals surface area contributed by atoms with Gasteiger partial charge < -0.3 is 9.42 Å². The molecule has 2 heterocycles. The van der Waals surface area contributed by atoms with Gasteiger partial charge in [0.25, 0.3) is 5.56 Å². The lowest BCUT2D eigenvalue weighted by atomic mass is 9.98. The lowest BCUT2D eigenvalue weighted by molar-refractivity contribution is 0.406. The number of nitrogens with zero attached hydrogens (tertiary/aromatic N) is 4. The quantitative estimate of drug-likeness (QED) is 0.274. The second-order valence-electron chi connectivity index (χ2n) is 9.22. The summed E-state index contributed by atoms with van der Waals surface area (Å²) in [5.41, 5.74) is 5.36. The van der Waals surface area contributed by atoms with Crippen molar-refractivity contribution in [3.05, 3.63) is 86.4 Å². The van der Waals surface area contributed by atoms with E-state index in [1.807, 2.05) is 54.8 Å². The van der Waals surface area contributed by atoms with E-state index in [4.69, 9.17) is 33.9 Å². The predicted octanol–water partition coefficient (Wildman–Crippen LogP) is 5.75. The third-order valence-electron chi connectivity index (χ3n) is 6.36. The molecule has 192 valence electrons. The fourth-order valence-corrected chi connectivity index (χ4v) is 4.49. The van der Waals surface area contributed by atoms with Crippen LogP contribution in [-0.2, 0) is 19.4 Å². The van der Waals surface area contributed by atoms with Crippen LogP contribution in [0.4, 0.5) is 0 Å². The minimum absolute atomic E-state index is 0.0153. The first kappa shape index (κ1) is 26.6. The highest BCUT2D eigenvalue weighted by atomic mass is 32.1. The summed E-state index contributed by atoms with van der Waals surface area (Å²) in [5.74, 6) is 1.41. The highest BCUT2D eigenvalue weighted by Gasteiger charge is 2.17. The van der Waals surface area contributed by atoms with Crippen LogP contribution >= 0.6 is 24.4 Å². The van der Waals surface area contributed by atoms with Crippen molar-refractivity contribution in [3.8, 4) is 22.5 Å². The average molecular weight is 534 g/mol. The van der Waals surface area contributed by atoms with Crippen molar-refractivity contribution in [2.45, 2.75) is 46.1 Å². The van der Waals surface area contributed by atoms with Gasteiger partial charge in [-0.1, -0.05) is 74.1 Å². The summed E-state index contributed by atoms with van der Waals surface area (Å²) in [7, 11) is 3.80. The number of aryl methyl sites for hydroxylation is 2. The minimum Gasteiger partial charge on any atom is -0.372 e. The zero-order chi connectivity index (χ0) is 26.5. The molecule has 1 N–H and O–H groups in total. The number of aromatic amines is 1. The molecule has 0 saturated heterocycles. The topological polar surface area (TPSA) is 79.9 Å². The summed E-state index contributed by atoms with van der Waals surface area (Å²) >= 11 is 10.5. The lowest BCUT2D eigenvalue weighted by Gasteiger charge is -2.18. The molecule has 4 aromatic rings. The maximum atomic E-state index is 13.6. The van der Waals surface area contributed by atoms with Crippen LogP contribution in [0.2, 0.25) is 0 Å². The normalized spacial score (nSPS) is 11.0. The van der Waals surface area contributed by atoms with E-state index in [2.05, 4.69) is 41.3 Å². The highest BCUT2D eigenvalue weighted by molar-refractivity contribution is 7.80. The Morgan fingerprint density at radius 1 is 1.08 bits per heavy atom. The number of nitrogens with one attached hydrogen (secondary N) is 1. The summed E-state index contributed by atoms with van der Waals surface area (Å²) in [6, 6.07) is 16.2. The summed E-state index contributed by atoms with van der Waals surface area (Å²) in [4.78, 5) is 25.5. The Labute approximate surface area is 227 Å². The highest BCUT2D eigenvalue weighted by Crippen LogP contribution is 2.30. The summed E-state index contributed by atoms with van der Waals surface area (Å²) < 4.78 is 6.94. The van der Waals surface area contributed by atoms with Crippen molar-refractivity contribution < 1.29 is 4.52 Å². The largest absolute Gasteiger partial charge is 0.372 e. The van der Waals surface area contributed by atoms with E-state index >= 15 is 0 Å². The van der Waals surface area contributed by atoms with Gasteiger partial charge in [0.1, 0.15) is 5.82 Å². The minimum atomic E-state index is -0.0153. The first-order valence-electron chi connectivity index (χ1n) is 12.3. The Kier molecular flexibility index (Phi) is 8.45. The first-order valence-corrected chi connectivity index (χ1v) is 13.1. The van der Waals surface area contributed by atoms with Gasteiger partial charge in [0.2, 0.25) is 0 Å². The van der Waals surface area contributed by atoms with Gasteiger partial charge in [0.15, 0.2) is 5.82 Å². The van der Waals surface area contributed by atoms with E-state index < -0.39 is 0 Å². The van der Waals surface area contributed by atoms with Crippen molar-refractivity contribution in [2.75, 3.05) is 14.1 Å². The number of thiocarbonyl (C=S) groups is 1. The summed E-state index contributed by atoms with van der Waals surface area (Å²) in [5, 5.41) is 2.79. The second-order valence-corrected chi connectivity index (χ2v) is 10.0. The molecule has 37 heavy (non-hydrogen) atoms. The number of H-pyrrole nitrogens is 1. The van der Waals surface area contributed by atoms with Crippen molar-refractivity contribution in [2.24, 2.45) is 0 Å². The van der Waals surface area contributed by atoms with E-state index in [1.54, 1.807) is 0 Å². The van der Waals surface area contributed by atoms with Gasteiger partial charge in [0.05, 0.1) is 11.5 Å². The molecule has 0 aliphatic carbocycles. The van der Waals surface area contributed by atoms with Gasteiger partial charge in [-0.05, 0) is 42.3 Å². The number of unbranched alkanes of at least 4 members (excludes halogenated alkanes) is 1. The van der Waals surface area contributed by atoms with Gasteiger partial charge >= 0.3 is 4.84 Å². The number of rotatable bonds is 9. The zero-order valence-corrected chi connectivity index (χ0v) is 23.2. The molecular formula is C28H31N5O2S2. The maximum Gasteiger partial charge on any atom is 0.314 e. The standard InChI is InChI=1S/C28H31N5O2S2/c1-5-6-11-24-29-18(2)23(16-25(36)32(3)4)27(34)33(24)17-19-12-14-20(15-13-19)21-9-7-8-10-22(21)26-30-28(37)35-31-26/h7-10,12-15H,5-6,11,16-17H2,1-4H3,(H,30,31,37). The Morgan fingerprint density at radius 3 is 2.41 bits per heavy atom. The molecule has 7 nitrogen and oxygen atoms in total. The van der Waals surface area contributed by atoms with Gasteiger partial charge in [0, 0.05) is 43.8 Å². The number of benzene rings is 2. The van der Waals surface area contributed by atoms with Gasteiger partial charge in [-0.3, -0.25) is 9.36 Å². The fourth-order valence-electron chi connectivity index (χ4n) is 4.22. The monoisotopic (exact) mass is 533 g/mol. The Morgan fingerprint density at radius 2 is 1.78 bits per heavy atom. The molecule has 0 bridgehead atoms. The van der Waals surface area contributed by atoms with Crippen LogP contribution < -0.4 is 5.56 Å². The van der Waals surface area contributed by atoms with Crippen molar-refractivity contribution in [1.82, 2.24) is 24.6 Å². The Bertz CT molecular complexity index is 1520. The molecule has 0 atom stereocenters.